The number of fused-ring (bicyclic) bond motifs is 1. The Kier molecular flexibility index (Phi) is 7.31. The molecule has 0 N–H and O–H groups in total. The van der Waals surface area contributed by atoms with Gasteiger partial charge in [-0.3, -0.25) is 9.59 Å². The fourth-order valence-electron chi connectivity index (χ4n) is 5.20. The lowest BCUT2D eigenvalue weighted by Gasteiger charge is -2.32. The lowest BCUT2D eigenvalue weighted by atomic mass is 9.90. The molecule has 5 nitrogen and oxygen atoms in total. The molecule has 2 aliphatic rings. The standard InChI is InChI=1S/C30H31FN2O3/c31-25-11-9-24(10-12-25)20-33-18-15-26-27(30(33)35)7-4-8-28(26)36-21-29(34)32-16-13-23(14-17-32)19-22-5-2-1-3-6-22/h1-12,23H,13-21H2. The van der Waals surface area contributed by atoms with Crippen molar-refractivity contribution in [1.82, 2.24) is 9.80 Å². The van der Waals surface area contributed by atoms with E-state index in [9.17, 15) is 14.0 Å². The van der Waals surface area contributed by atoms with Crippen molar-refractivity contribution in [3.63, 3.8) is 0 Å². The summed E-state index contributed by atoms with van der Waals surface area (Å²) in [6.07, 6.45) is 3.71. The quantitative estimate of drug-likeness (QED) is 0.478. The summed E-state index contributed by atoms with van der Waals surface area (Å²) in [5, 5.41) is 0. The Bertz CT molecular complexity index is 1200. The van der Waals surface area contributed by atoms with Crippen molar-refractivity contribution in [2.24, 2.45) is 5.92 Å². The number of halogens is 1. The van der Waals surface area contributed by atoms with Crippen LogP contribution in [0.3, 0.4) is 0 Å². The van der Waals surface area contributed by atoms with Gasteiger partial charge in [0.1, 0.15) is 11.6 Å². The van der Waals surface area contributed by atoms with Crippen molar-refractivity contribution in [1.29, 1.82) is 0 Å². The molecule has 1 saturated heterocycles. The Labute approximate surface area is 211 Å². The number of carbonyl (C=O) groups excluding carboxylic acids is 2. The predicted octanol–water partition coefficient (Wildman–Crippen LogP) is 4.88. The molecule has 1 fully saturated rings. The highest BCUT2D eigenvalue weighted by molar-refractivity contribution is 5.97. The minimum atomic E-state index is -0.290. The highest BCUT2D eigenvalue weighted by atomic mass is 19.1. The second kappa shape index (κ2) is 10.9. The maximum Gasteiger partial charge on any atom is 0.260 e. The molecule has 3 aromatic rings. The molecule has 0 spiro atoms. The van der Waals surface area contributed by atoms with Crippen molar-refractivity contribution in [3.05, 3.63) is 101 Å². The van der Waals surface area contributed by atoms with Crippen LogP contribution in [-0.4, -0.2) is 47.9 Å². The molecular formula is C30H31FN2O3. The summed E-state index contributed by atoms with van der Waals surface area (Å²) >= 11 is 0. The first-order chi connectivity index (χ1) is 17.6. The molecule has 36 heavy (non-hydrogen) atoms. The van der Waals surface area contributed by atoms with Crippen LogP contribution < -0.4 is 4.74 Å². The highest BCUT2D eigenvalue weighted by Gasteiger charge is 2.28. The Hall–Kier alpha value is -3.67. The van der Waals surface area contributed by atoms with E-state index in [0.717, 1.165) is 43.5 Å². The number of rotatable bonds is 7. The summed E-state index contributed by atoms with van der Waals surface area (Å²) in [6.45, 7) is 2.47. The van der Waals surface area contributed by atoms with E-state index >= 15 is 0 Å². The molecule has 0 unspecified atom stereocenters. The van der Waals surface area contributed by atoms with Crippen molar-refractivity contribution in [3.8, 4) is 5.75 Å². The van der Waals surface area contributed by atoms with E-state index < -0.39 is 0 Å². The van der Waals surface area contributed by atoms with Crippen molar-refractivity contribution in [2.75, 3.05) is 26.2 Å². The van der Waals surface area contributed by atoms with Crippen molar-refractivity contribution in [2.45, 2.75) is 32.2 Å². The first-order valence-electron chi connectivity index (χ1n) is 12.7. The molecule has 2 aliphatic heterocycles. The number of piperidine rings is 1. The molecule has 5 rings (SSSR count). The molecule has 0 saturated carbocycles. The summed E-state index contributed by atoms with van der Waals surface area (Å²) in [4.78, 5) is 29.6. The maximum atomic E-state index is 13.2. The van der Waals surface area contributed by atoms with E-state index in [-0.39, 0.29) is 24.2 Å². The topological polar surface area (TPSA) is 49.9 Å². The van der Waals surface area contributed by atoms with Crippen molar-refractivity contribution < 1.29 is 18.7 Å². The van der Waals surface area contributed by atoms with E-state index in [1.54, 1.807) is 29.2 Å². The van der Waals surface area contributed by atoms with Crippen LogP contribution in [0.2, 0.25) is 0 Å². The van der Waals surface area contributed by atoms with Gasteiger partial charge in [-0.05, 0) is 67.0 Å². The minimum absolute atomic E-state index is 0.00848. The Morgan fingerprint density at radius 3 is 2.39 bits per heavy atom. The maximum absolute atomic E-state index is 13.2. The molecule has 2 amide bonds. The molecule has 6 heteroatoms. The van der Waals surface area contributed by atoms with E-state index in [1.807, 2.05) is 17.0 Å². The predicted molar refractivity (Wildman–Crippen MR) is 136 cm³/mol. The zero-order valence-electron chi connectivity index (χ0n) is 20.4. The van der Waals surface area contributed by atoms with E-state index in [4.69, 9.17) is 4.74 Å². The average molecular weight is 487 g/mol. The Balaban J connectivity index is 1.15. The monoisotopic (exact) mass is 486 g/mol. The first-order valence-corrected chi connectivity index (χ1v) is 12.7. The second-order valence-electron chi connectivity index (χ2n) is 9.69. The third-order valence-corrected chi connectivity index (χ3v) is 7.25. The van der Waals surface area contributed by atoms with Gasteiger partial charge in [0, 0.05) is 37.3 Å². The first kappa shape index (κ1) is 24.0. The number of hydrogen-bond acceptors (Lipinski definition) is 3. The number of ether oxygens (including phenoxy) is 1. The van der Waals surface area contributed by atoms with Crippen LogP contribution in [0.15, 0.2) is 72.8 Å². The summed E-state index contributed by atoms with van der Waals surface area (Å²) in [5.74, 6) is 0.836. The number of nitrogens with zero attached hydrogens (tertiary/aromatic N) is 2. The van der Waals surface area contributed by atoms with Crippen LogP contribution in [-0.2, 0) is 24.2 Å². The van der Waals surface area contributed by atoms with Gasteiger partial charge in [0.15, 0.2) is 6.61 Å². The lowest BCUT2D eigenvalue weighted by molar-refractivity contribution is -0.134. The highest BCUT2D eigenvalue weighted by Crippen LogP contribution is 2.29. The third kappa shape index (κ3) is 5.59. The molecule has 0 radical (unpaired) electrons. The largest absolute Gasteiger partial charge is 0.483 e. The Morgan fingerprint density at radius 1 is 0.889 bits per heavy atom. The van der Waals surface area contributed by atoms with Gasteiger partial charge in [-0.15, -0.1) is 0 Å². The SMILES string of the molecule is O=C(COc1cccc2c1CCN(Cc1ccc(F)cc1)C2=O)N1CCC(Cc2ccccc2)CC1. The molecule has 0 atom stereocenters. The van der Waals surface area contributed by atoms with Crippen LogP contribution in [0.5, 0.6) is 5.75 Å². The number of hydrogen-bond donors (Lipinski definition) is 0. The van der Waals surface area contributed by atoms with Gasteiger partial charge in [-0.1, -0.05) is 48.5 Å². The number of likely N-dealkylation sites (tertiary alicyclic amines) is 1. The van der Waals surface area contributed by atoms with Crippen LogP contribution in [0.1, 0.15) is 39.9 Å². The average Bonchev–Trinajstić information content (AvgIpc) is 2.91. The van der Waals surface area contributed by atoms with Gasteiger partial charge < -0.3 is 14.5 Å². The van der Waals surface area contributed by atoms with Crippen LogP contribution >= 0.6 is 0 Å². The molecule has 0 aliphatic carbocycles. The number of carbonyl (C=O) groups is 2. The van der Waals surface area contributed by atoms with Crippen LogP contribution in [0, 0.1) is 11.7 Å². The molecule has 2 heterocycles. The van der Waals surface area contributed by atoms with Gasteiger partial charge >= 0.3 is 0 Å². The van der Waals surface area contributed by atoms with Gasteiger partial charge in [0.05, 0.1) is 0 Å². The number of benzene rings is 3. The molecule has 186 valence electrons. The fraction of sp³-hybridized carbons (Fsp3) is 0.333. The van der Waals surface area contributed by atoms with Gasteiger partial charge in [-0.25, -0.2) is 4.39 Å². The zero-order chi connectivity index (χ0) is 24.9. The summed E-state index contributed by atoms with van der Waals surface area (Å²) in [5.41, 5.74) is 3.70. The second-order valence-corrected chi connectivity index (χ2v) is 9.69. The van der Waals surface area contributed by atoms with Gasteiger partial charge in [0.25, 0.3) is 11.8 Å². The zero-order valence-corrected chi connectivity index (χ0v) is 20.4. The molecule has 0 aromatic heterocycles. The van der Waals surface area contributed by atoms with Crippen LogP contribution in [0.25, 0.3) is 0 Å². The molecular weight excluding hydrogens is 455 g/mol. The third-order valence-electron chi connectivity index (χ3n) is 7.25. The number of amides is 2. The van der Waals surface area contributed by atoms with E-state index in [0.29, 0.717) is 36.7 Å². The molecule has 3 aromatic carbocycles. The Morgan fingerprint density at radius 2 is 1.64 bits per heavy atom. The minimum Gasteiger partial charge on any atom is -0.483 e. The smallest absolute Gasteiger partial charge is 0.260 e. The summed E-state index contributed by atoms with van der Waals surface area (Å²) in [6, 6.07) is 22.2. The fourth-order valence-corrected chi connectivity index (χ4v) is 5.20. The van der Waals surface area contributed by atoms with E-state index in [2.05, 4.69) is 24.3 Å². The lowest BCUT2D eigenvalue weighted by Crippen LogP contribution is -2.41. The van der Waals surface area contributed by atoms with Crippen LogP contribution in [0.4, 0.5) is 4.39 Å². The van der Waals surface area contributed by atoms with Gasteiger partial charge in [-0.2, -0.15) is 0 Å². The van der Waals surface area contributed by atoms with E-state index in [1.165, 1.54) is 17.7 Å². The van der Waals surface area contributed by atoms with Crippen molar-refractivity contribution >= 4 is 11.8 Å². The van der Waals surface area contributed by atoms with Gasteiger partial charge in [0.2, 0.25) is 0 Å². The summed E-state index contributed by atoms with van der Waals surface area (Å²) in [7, 11) is 0. The summed E-state index contributed by atoms with van der Waals surface area (Å²) < 4.78 is 19.2. The molecule has 0 bridgehead atoms. The normalized spacial score (nSPS) is 16.1.